The molecule has 0 radical (unpaired) electrons. The van der Waals surface area contributed by atoms with Crippen LogP contribution < -0.4 is 10.6 Å². The van der Waals surface area contributed by atoms with Gasteiger partial charge in [-0.25, -0.2) is 13.8 Å². The van der Waals surface area contributed by atoms with Crippen molar-refractivity contribution in [2.75, 3.05) is 5.32 Å². The van der Waals surface area contributed by atoms with Gasteiger partial charge in [0.15, 0.2) is 0 Å². The lowest BCUT2D eigenvalue weighted by Crippen LogP contribution is -2.45. The molecule has 2 rings (SSSR count). The molecule has 1 heterocycles. The van der Waals surface area contributed by atoms with E-state index in [0.29, 0.717) is 5.82 Å². The van der Waals surface area contributed by atoms with Crippen LogP contribution in [0, 0.1) is 12.3 Å². The third-order valence-electron chi connectivity index (χ3n) is 3.27. The van der Waals surface area contributed by atoms with Gasteiger partial charge in [-0.15, -0.1) is 6.42 Å². The number of rotatable bonds is 4. The summed E-state index contributed by atoms with van der Waals surface area (Å²) in [5.41, 5.74) is -0.510. The Morgan fingerprint density at radius 3 is 2.76 bits per heavy atom. The Kier molecular flexibility index (Phi) is 3.86. The Labute approximate surface area is 122 Å². The number of alkyl halides is 2. The molecule has 0 bridgehead atoms. The van der Waals surface area contributed by atoms with Crippen molar-refractivity contribution in [3.8, 4) is 12.3 Å². The highest BCUT2D eigenvalue weighted by Crippen LogP contribution is 2.39. The van der Waals surface area contributed by atoms with Crippen molar-refractivity contribution in [2.24, 2.45) is 0 Å². The molecule has 0 aromatic carbocycles. The Morgan fingerprint density at radius 2 is 2.19 bits per heavy atom. The van der Waals surface area contributed by atoms with Crippen molar-refractivity contribution >= 4 is 11.7 Å². The topological polar surface area (TPSA) is 54.0 Å². The highest BCUT2D eigenvalue weighted by atomic mass is 19.3. The number of hydrogen-bond donors (Lipinski definition) is 2. The number of anilines is 1. The third-order valence-corrected chi connectivity index (χ3v) is 3.27. The molecule has 0 aliphatic heterocycles. The van der Waals surface area contributed by atoms with E-state index in [2.05, 4.69) is 21.5 Å². The van der Waals surface area contributed by atoms with Crippen LogP contribution in [-0.4, -0.2) is 28.4 Å². The molecular weight excluding hydrogens is 276 g/mol. The quantitative estimate of drug-likeness (QED) is 0.838. The molecule has 1 aliphatic carbocycles. The van der Waals surface area contributed by atoms with E-state index in [1.165, 1.54) is 6.20 Å². The van der Waals surface area contributed by atoms with Gasteiger partial charge in [0.1, 0.15) is 5.82 Å². The summed E-state index contributed by atoms with van der Waals surface area (Å²) in [6.45, 7) is 3.39. The second-order valence-electron chi connectivity index (χ2n) is 5.73. The van der Waals surface area contributed by atoms with E-state index in [1.54, 1.807) is 26.0 Å². The molecule has 1 aromatic rings. The van der Waals surface area contributed by atoms with Crippen molar-refractivity contribution in [1.82, 2.24) is 10.3 Å². The maximum absolute atomic E-state index is 12.9. The fourth-order valence-corrected chi connectivity index (χ4v) is 2.05. The van der Waals surface area contributed by atoms with Crippen molar-refractivity contribution in [3.63, 3.8) is 0 Å². The predicted octanol–water partition coefficient (Wildman–Crippen LogP) is 2.43. The van der Waals surface area contributed by atoms with Gasteiger partial charge in [0.2, 0.25) is 0 Å². The number of amides is 1. The van der Waals surface area contributed by atoms with E-state index < -0.39 is 11.5 Å². The van der Waals surface area contributed by atoms with Gasteiger partial charge in [-0.2, -0.15) is 0 Å². The van der Waals surface area contributed by atoms with Crippen molar-refractivity contribution in [3.05, 3.63) is 23.9 Å². The molecule has 1 saturated carbocycles. The molecule has 1 amide bonds. The van der Waals surface area contributed by atoms with Gasteiger partial charge in [0, 0.05) is 25.1 Å². The minimum Gasteiger partial charge on any atom is -0.366 e. The average molecular weight is 293 g/mol. The largest absolute Gasteiger partial charge is 0.366 e. The van der Waals surface area contributed by atoms with Crippen molar-refractivity contribution in [1.29, 1.82) is 0 Å². The molecule has 1 fully saturated rings. The van der Waals surface area contributed by atoms with Gasteiger partial charge < -0.3 is 10.6 Å². The SMILES string of the molecule is C#CC(C)(C)NC(=O)c1cccnc1NC1CC(F)(F)C1. The molecule has 112 valence electrons. The van der Waals surface area contributed by atoms with Gasteiger partial charge in [0.05, 0.1) is 11.1 Å². The lowest BCUT2D eigenvalue weighted by atomic mass is 9.88. The standard InChI is InChI=1S/C15H17F2N3O/c1-4-14(2,3)20-13(21)11-6-5-7-18-12(11)19-10-8-15(16,17)9-10/h1,5-7,10H,8-9H2,2-3H3,(H,18,19)(H,20,21). The van der Waals surface area contributed by atoms with E-state index in [-0.39, 0.29) is 30.4 Å². The van der Waals surface area contributed by atoms with Gasteiger partial charge in [0.25, 0.3) is 11.8 Å². The normalized spacial score (nSPS) is 17.5. The van der Waals surface area contributed by atoms with Crippen LogP contribution >= 0.6 is 0 Å². The lowest BCUT2D eigenvalue weighted by molar-refractivity contribution is -0.0794. The van der Waals surface area contributed by atoms with Crippen LogP contribution in [0.2, 0.25) is 0 Å². The third kappa shape index (κ3) is 3.69. The number of carbonyl (C=O) groups is 1. The summed E-state index contributed by atoms with van der Waals surface area (Å²) in [5.74, 6) is -0.256. The molecule has 1 aliphatic rings. The summed E-state index contributed by atoms with van der Waals surface area (Å²) < 4.78 is 25.7. The van der Waals surface area contributed by atoms with Gasteiger partial charge in [-0.1, -0.05) is 5.92 Å². The zero-order valence-corrected chi connectivity index (χ0v) is 11.9. The molecule has 0 unspecified atom stereocenters. The molecule has 0 spiro atoms. The Bertz CT molecular complexity index is 585. The zero-order valence-electron chi connectivity index (χ0n) is 11.9. The number of nitrogens with zero attached hydrogens (tertiary/aromatic N) is 1. The lowest BCUT2D eigenvalue weighted by Gasteiger charge is -2.36. The van der Waals surface area contributed by atoms with E-state index in [4.69, 9.17) is 6.42 Å². The summed E-state index contributed by atoms with van der Waals surface area (Å²) in [5, 5.41) is 5.57. The summed E-state index contributed by atoms with van der Waals surface area (Å²) in [6, 6.07) is 2.81. The van der Waals surface area contributed by atoms with Crippen LogP contribution in [0.15, 0.2) is 18.3 Å². The fourth-order valence-electron chi connectivity index (χ4n) is 2.05. The number of nitrogens with one attached hydrogen (secondary N) is 2. The molecule has 4 nitrogen and oxygen atoms in total. The van der Waals surface area contributed by atoms with Crippen molar-refractivity contribution in [2.45, 2.75) is 44.2 Å². The smallest absolute Gasteiger partial charge is 0.256 e. The maximum atomic E-state index is 12.9. The van der Waals surface area contributed by atoms with Crippen LogP contribution in [0.25, 0.3) is 0 Å². The van der Waals surface area contributed by atoms with Gasteiger partial charge >= 0.3 is 0 Å². The van der Waals surface area contributed by atoms with E-state index >= 15 is 0 Å². The minimum atomic E-state index is -2.62. The van der Waals surface area contributed by atoms with Crippen LogP contribution in [0.3, 0.4) is 0 Å². The summed E-state index contributed by atoms with van der Waals surface area (Å²) >= 11 is 0. The molecule has 0 atom stereocenters. The van der Waals surface area contributed by atoms with Gasteiger partial charge in [-0.05, 0) is 26.0 Å². The molecule has 1 aromatic heterocycles. The number of carbonyl (C=O) groups excluding carboxylic acids is 1. The Morgan fingerprint density at radius 1 is 1.52 bits per heavy atom. The molecule has 21 heavy (non-hydrogen) atoms. The van der Waals surface area contributed by atoms with Crippen molar-refractivity contribution < 1.29 is 13.6 Å². The number of hydrogen-bond acceptors (Lipinski definition) is 3. The van der Waals surface area contributed by atoms with E-state index in [9.17, 15) is 13.6 Å². The molecular formula is C15H17F2N3O. The van der Waals surface area contributed by atoms with Crippen LogP contribution in [0.5, 0.6) is 0 Å². The monoisotopic (exact) mass is 293 g/mol. The highest BCUT2D eigenvalue weighted by Gasteiger charge is 2.45. The van der Waals surface area contributed by atoms with E-state index in [1.807, 2.05) is 0 Å². The molecule has 0 saturated heterocycles. The van der Waals surface area contributed by atoms with Crippen LogP contribution in [-0.2, 0) is 0 Å². The minimum absolute atomic E-state index is 0.250. The second kappa shape index (κ2) is 5.32. The molecule has 6 heteroatoms. The first-order valence-electron chi connectivity index (χ1n) is 6.62. The average Bonchev–Trinajstić information content (AvgIpc) is 2.36. The first-order chi connectivity index (χ1) is 9.72. The highest BCUT2D eigenvalue weighted by molar-refractivity contribution is 5.99. The number of halogens is 2. The zero-order chi connectivity index (χ0) is 15.7. The maximum Gasteiger partial charge on any atom is 0.256 e. The number of pyridine rings is 1. The predicted molar refractivity (Wildman–Crippen MR) is 76.2 cm³/mol. The van der Waals surface area contributed by atoms with Crippen LogP contribution in [0.1, 0.15) is 37.0 Å². The van der Waals surface area contributed by atoms with Gasteiger partial charge in [-0.3, -0.25) is 4.79 Å². The van der Waals surface area contributed by atoms with E-state index in [0.717, 1.165) is 0 Å². The van der Waals surface area contributed by atoms with Crippen LogP contribution in [0.4, 0.5) is 14.6 Å². The summed E-state index contributed by atoms with van der Waals surface area (Å²) in [4.78, 5) is 16.3. The number of aromatic nitrogens is 1. The fraction of sp³-hybridized carbons (Fsp3) is 0.467. The molecule has 2 N–H and O–H groups in total. The second-order valence-corrected chi connectivity index (χ2v) is 5.73. The first-order valence-corrected chi connectivity index (χ1v) is 6.62. The Hall–Kier alpha value is -2.16. The summed E-state index contributed by atoms with van der Waals surface area (Å²) in [6.07, 6.45) is 6.34. The number of terminal acetylenes is 1. The first kappa shape index (κ1) is 15.2. The Balaban J connectivity index is 2.10. The summed E-state index contributed by atoms with van der Waals surface area (Å²) in [7, 11) is 0.